The summed E-state index contributed by atoms with van der Waals surface area (Å²) in [7, 11) is -0.554. The molecule has 0 amide bonds. The normalized spacial score (nSPS) is 9.84. The van der Waals surface area contributed by atoms with Gasteiger partial charge in [0.05, 0.1) is 0 Å². The van der Waals surface area contributed by atoms with Gasteiger partial charge in [0.2, 0.25) is 0 Å². The number of rotatable bonds is 10. The van der Waals surface area contributed by atoms with Crippen molar-refractivity contribution in [1.82, 2.24) is 0 Å². The molecule has 0 saturated carbocycles. The third kappa shape index (κ3) is 12.5. The quantitative estimate of drug-likeness (QED) is 0.123. The van der Waals surface area contributed by atoms with E-state index in [1.807, 2.05) is 0 Å². The molecule has 0 fully saturated rings. The van der Waals surface area contributed by atoms with Crippen LogP contribution < -0.4 is 21.2 Å². The van der Waals surface area contributed by atoms with Crippen molar-refractivity contribution in [3.63, 3.8) is 0 Å². The molecule has 0 saturated heterocycles. The van der Waals surface area contributed by atoms with Gasteiger partial charge < -0.3 is 11.5 Å². The molecule has 0 radical (unpaired) electrons. The monoisotopic (exact) mass is 658 g/mol. The Kier molecular flexibility index (Phi) is 21.1. The van der Waals surface area contributed by atoms with E-state index in [0.717, 1.165) is 25.2 Å². The number of nitrogens with one attached hydrogen (secondary N) is 2. The van der Waals surface area contributed by atoms with E-state index in [9.17, 15) is 0 Å². The molecule has 2 N–H and O–H groups in total. The second-order valence-electron chi connectivity index (χ2n) is 7.85. The Morgan fingerprint density at radius 2 is 0.622 bits per heavy atom. The van der Waals surface area contributed by atoms with Gasteiger partial charge in [-0.15, -0.1) is 24.8 Å². The van der Waals surface area contributed by atoms with Gasteiger partial charge in [-0.25, -0.2) is 0 Å². The van der Waals surface area contributed by atoms with Crippen molar-refractivity contribution in [3.05, 3.63) is 133 Å². The summed E-state index contributed by atoms with van der Waals surface area (Å²) in [4.78, 5) is 0. The summed E-state index contributed by atoms with van der Waals surface area (Å²) in [6.07, 6.45) is 4.20. The zero-order chi connectivity index (χ0) is 23.8. The van der Waals surface area contributed by atoms with Gasteiger partial charge in [0.15, 0.2) is 0 Å². The third-order valence-electron chi connectivity index (χ3n) is 5.39. The maximum absolute atomic E-state index is 7.33. The molecule has 0 spiro atoms. The van der Waals surface area contributed by atoms with Crippen molar-refractivity contribution >= 4 is 61.9 Å². The molecule has 37 heavy (non-hydrogen) atoms. The van der Waals surface area contributed by atoms with E-state index in [0.29, 0.717) is 13.1 Å². The van der Waals surface area contributed by atoms with Gasteiger partial charge in [0, 0.05) is 0 Å². The molecule has 0 aliphatic heterocycles. The maximum atomic E-state index is 7.33. The van der Waals surface area contributed by atoms with Crippen LogP contribution in [0, 0.1) is 0 Å². The number of hydrogen-bond acceptors (Lipinski definition) is 0. The molecule has 0 aliphatic rings. The fraction of sp³-hybridized carbons (Fsp3) is 0.200. The fourth-order valence-electron chi connectivity index (χ4n) is 3.72. The zero-order valence-corrected chi connectivity index (χ0v) is 26.0. The Morgan fingerprint density at radius 1 is 0.405 bits per heavy atom. The van der Waals surface area contributed by atoms with Crippen LogP contribution in [0.4, 0.5) is 0 Å². The van der Waals surface area contributed by atoms with Crippen LogP contribution in [0.3, 0.4) is 0 Å². The Morgan fingerprint density at radius 3 is 0.811 bits per heavy atom. The van der Waals surface area contributed by atoms with Gasteiger partial charge in [-0.3, -0.25) is 0 Å². The molecule has 0 unspecified atom stereocenters. The van der Waals surface area contributed by atoms with Gasteiger partial charge in [-0.05, 0) is 49.4 Å². The van der Waals surface area contributed by atoms with E-state index < -0.39 is 0 Å². The average molecular weight is 659 g/mol. The number of benzene rings is 4. The van der Waals surface area contributed by atoms with E-state index in [-0.39, 0.29) is 60.1 Å². The average Bonchev–Trinajstić information content (AvgIpc) is 2.92. The molecular weight excluding hydrogens is 622 g/mol. The van der Waals surface area contributed by atoms with Crippen LogP contribution in [-0.4, -0.2) is 25.4 Å². The second-order valence-corrected chi connectivity index (χ2v) is 12.5. The summed E-state index contributed by atoms with van der Waals surface area (Å²) in [5.41, 5.74) is 14.7. The van der Waals surface area contributed by atoms with Crippen molar-refractivity contribution < 1.29 is 19.5 Å². The first-order valence-electron chi connectivity index (χ1n) is 11.9. The molecule has 2 nitrogen and oxygen atoms in total. The minimum absolute atomic E-state index is 0. The number of halogens is 2. The van der Waals surface area contributed by atoms with Crippen LogP contribution >= 0.6 is 40.7 Å². The fourth-order valence-corrected chi connectivity index (χ4v) is 8.43. The van der Waals surface area contributed by atoms with Crippen molar-refractivity contribution in [1.29, 1.82) is 0 Å². The number of hydrogen-bond donors (Lipinski definition) is 0. The van der Waals surface area contributed by atoms with E-state index >= 15 is 0 Å². The molecule has 4 aromatic rings. The summed E-state index contributed by atoms with van der Waals surface area (Å²) in [6, 6.07) is 42.8. The summed E-state index contributed by atoms with van der Waals surface area (Å²) in [6.45, 7) is 1.05. The Balaban J connectivity index is 0.000000648. The topological polar surface area (TPSA) is 47.6 Å². The van der Waals surface area contributed by atoms with Crippen molar-refractivity contribution in [3.8, 4) is 0 Å². The Bertz CT molecular complexity index is 880. The van der Waals surface area contributed by atoms with E-state index in [1.165, 1.54) is 21.2 Å². The van der Waals surface area contributed by atoms with Crippen LogP contribution in [0.2, 0.25) is 0 Å². The standard InChI is InChI=1S/2C15H17NP.2ClH.Ru/c2*16-12-7-13-17(14-8-3-1-4-9-14)15-10-5-2-6-11-15;;;/h2*1-6,8-11,16H,7,12-13H2;2*1H;/q2*-1;;;+2. The van der Waals surface area contributed by atoms with Crippen LogP contribution in [0.1, 0.15) is 12.8 Å². The summed E-state index contributed by atoms with van der Waals surface area (Å²) >= 11 is 0. The summed E-state index contributed by atoms with van der Waals surface area (Å²) < 4.78 is 0. The minimum Gasteiger partial charge on any atom is -0.677 e. The predicted molar refractivity (Wildman–Crippen MR) is 170 cm³/mol. The van der Waals surface area contributed by atoms with E-state index in [4.69, 9.17) is 11.5 Å². The molecule has 0 aromatic heterocycles. The summed E-state index contributed by atoms with van der Waals surface area (Å²) in [5, 5.41) is 5.67. The molecule has 0 aliphatic carbocycles. The van der Waals surface area contributed by atoms with Gasteiger partial charge in [-0.2, -0.15) is 13.1 Å². The predicted octanol–water partition coefficient (Wildman–Crippen LogP) is 7.96. The molecule has 0 heterocycles. The molecule has 4 rings (SSSR count). The van der Waals surface area contributed by atoms with Crippen LogP contribution in [0.15, 0.2) is 121 Å². The summed E-state index contributed by atoms with van der Waals surface area (Å²) in [5.74, 6) is 0. The zero-order valence-electron chi connectivity index (χ0n) is 20.9. The molecule has 198 valence electrons. The molecule has 7 heteroatoms. The SMILES string of the molecule is Cl.Cl.[NH-]CCCP(c1ccccc1)c1ccccc1.[NH-]CCCP(c1ccccc1)c1ccccc1.[Ru+2]. The van der Waals surface area contributed by atoms with Crippen molar-refractivity contribution in [2.24, 2.45) is 0 Å². The van der Waals surface area contributed by atoms with Crippen LogP contribution in [0.5, 0.6) is 0 Å². The molecule has 0 atom stereocenters. The minimum atomic E-state index is -0.277. The Hall–Kier alpha value is -1.14. The maximum Gasteiger partial charge on any atom is 2.00 e. The van der Waals surface area contributed by atoms with Crippen molar-refractivity contribution in [2.75, 3.05) is 25.4 Å². The second kappa shape index (κ2) is 21.8. The molecule has 0 bridgehead atoms. The largest absolute Gasteiger partial charge is 2.00 e. The smallest absolute Gasteiger partial charge is 0.677 e. The van der Waals surface area contributed by atoms with Crippen LogP contribution in [-0.2, 0) is 19.5 Å². The van der Waals surface area contributed by atoms with Gasteiger partial charge in [0.25, 0.3) is 0 Å². The van der Waals surface area contributed by atoms with Gasteiger partial charge >= 0.3 is 19.5 Å². The van der Waals surface area contributed by atoms with Gasteiger partial charge in [-0.1, -0.05) is 134 Å². The first kappa shape index (κ1) is 35.9. The third-order valence-corrected chi connectivity index (χ3v) is 10.6. The first-order valence-corrected chi connectivity index (χ1v) is 14.9. The molecular formula is C30H36Cl2N2P2Ru. The first-order chi connectivity index (χ1) is 16.8. The van der Waals surface area contributed by atoms with Gasteiger partial charge in [0.1, 0.15) is 0 Å². The van der Waals surface area contributed by atoms with E-state index in [1.54, 1.807) is 0 Å². The van der Waals surface area contributed by atoms with Crippen LogP contribution in [0.25, 0.3) is 11.5 Å². The Labute approximate surface area is 251 Å². The molecule has 4 aromatic carbocycles. The van der Waals surface area contributed by atoms with Crippen molar-refractivity contribution in [2.45, 2.75) is 12.8 Å². The van der Waals surface area contributed by atoms with E-state index in [2.05, 4.69) is 121 Å².